The second kappa shape index (κ2) is 8.46. The third-order valence-corrected chi connectivity index (χ3v) is 4.18. The maximum atomic E-state index is 11.6. The minimum atomic E-state index is -1.74. The van der Waals surface area contributed by atoms with E-state index >= 15 is 0 Å². The highest BCUT2D eigenvalue weighted by atomic mass is 16.7. The van der Waals surface area contributed by atoms with Gasteiger partial charge in [0.05, 0.1) is 12.8 Å². The van der Waals surface area contributed by atoms with Crippen molar-refractivity contribution in [3.8, 4) is 22.9 Å². The van der Waals surface area contributed by atoms with E-state index < -0.39 is 36.7 Å². The first-order chi connectivity index (χ1) is 13.4. The van der Waals surface area contributed by atoms with Crippen molar-refractivity contribution < 1.29 is 39.2 Å². The molecule has 3 rings (SSSR count). The molecule has 1 fully saturated rings. The Morgan fingerprint density at radius 3 is 2.32 bits per heavy atom. The number of nitrogens with zero attached hydrogens (tertiary/aromatic N) is 2. The molecule has 150 valence electrons. The van der Waals surface area contributed by atoms with Crippen molar-refractivity contribution in [3.63, 3.8) is 0 Å². The molecule has 5 atom stereocenters. The highest BCUT2D eigenvalue weighted by molar-refractivity contribution is 5.75. The van der Waals surface area contributed by atoms with Crippen molar-refractivity contribution in [3.05, 3.63) is 36.4 Å². The Morgan fingerprint density at radius 1 is 1.04 bits per heavy atom. The van der Waals surface area contributed by atoms with Crippen molar-refractivity contribution >= 4 is 5.97 Å². The van der Waals surface area contributed by atoms with Crippen molar-refractivity contribution in [2.75, 3.05) is 7.11 Å². The second-order valence-electron chi connectivity index (χ2n) is 5.94. The van der Waals surface area contributed by atoms with Crippen LogP contribution in [0, 0.1) is 0 Å². The molecule has 1 aromatic carbocycles. The van der Waals surface area contributed by atoms with Crippen LogP contribution in [0.15, 0.2) is 36.4 Å². The summed E-state index contributed by atoms with van der Waals surface area (Å²) in [6.45, 7) is 0. The molecule has 1 aliphatic heterocycles. The molecule has 0 bridgehead atoms. The van der Waals surface area contributed by atoms with E-state index in [2.05, 4.69) is 15.0 Å². The van der Waals surface area contributed by atoms with Gasteiger partial charge in [0.2, 0.25) is 12.2 Å². The molecule has 11 heteroatoms. The summed E-state index contributed by atoms with van der Waals surface area (Å²) >= 11 is 0. The number of rotatable bonds is 5. The summed E-state index contributed by atoms with van der Waals surface area (Å²) in [6, 6.07) is 10.2. The van der Waals surface area contributed by atoms with Crippen LogP contribution >= 0.6 is 0 Å². The Labute approximate surface area is 159 Å². The molecule has 5 N–H and O–H groups in total. The Hall–Kier alpha value is -2.83. The Morgan fingerprint density at radius 2 is 1.75 bits per heavy atom. The van der Waals surface area contributed by atoms with Gasteiger partial charge in [0.25, 0.3) is 0 Å². The zero-order valence-electron chi connectivity index (χ0n) is 14.7. The van der Waals surface area contributed by atoms with Gasteiger partial charge in [-0.3, -0.25) is 0 Å². The highest BCUT2D eigenvalue weighted by Crippen LogP contribution is 2.25. The fraction of sp³-hybridized carbons (Fsp3) is 0.353. The van der Waals surface area contributed by atoms with Gasteiger partial charge in [0.15, 0.2) is 6.10 Å². The number of aromatic nitrogens is 2. The molecule has 0 spiro atoms. The molecular formula is C17H19N3O8. The van der Waals surface area contributed by atoms with Crippen LogP contribution < -0.4 is 15.4 Å². The van der Waals surface area contributed by atoms with Crippen LogP contribution in [0.1, 0.15) is 0 Å². The second-order valence-corrected chi connectivity index (χ2v) is 5.94. The van der Waals surface area contributed by atoms with Gasteiger partial charge in [0.1, 0.15) is 24.1 Å². The summed E-state index contributed by atoms with van der Waals surface area (Å²) in [5.41, 5.74) is 1.35. The minimum Gasteiger partial charge on any atom is -0.497 e. The van der Waals surface area contributed by atoms with Gasteiger partial charge in [-0.05, 0) is 30.3 Å². The van der Waals surface area contributed by atoms with Crippen molar-refractivity contribution in [1.29, 1.82) is 0 Å². The average molecular weight is 393 g/mol. The Balaban J connectivity index is 1.72. The Bertz CT molecular complexity index is 801. The number of ether oxygens (including phenoxy) is 3. The molecule has 0 saturated carbocycles. The van der Waals surface area contributed by atoms with Crippen LogP contribution in [-0.2, 0) is 14.4 Å². The van der Waals surface area contributed by atoms with E-state index in [1.807, 2.05) is 0 Å². The lowest BCUT2D eigenvalue weighted by Crippen LogP contribution is -2.61. The number of hydrogen-bond acceptors (Lipinski definition) is 11. The fourth-order valence-corrected chi connectivity index (χ4v) is 2.62. The van der Waals surface area contributed by atoms with Gasteiger partial charge in [-0.2, -0.15) is 5.90 Å². The minimum absolute atomic E-state index is 0.0373. The van der Waals surface area contributed by atoms with Gasteiger partial charge in [-0.25, -0.2) is 4.79 Å². The molecule has 0 unspecified atom stereocenters. The van der Waals surface area contributed by atoms with E-state index in [-0.39, 0.29) is 5.88 Å². The molecule has 28 heavy (non-hydrogen) atoms. The fourth-order valence-electron chi connectivity index (χ4n) is 2.62. The quantitative estimate of drug-likeness (QED) is 0.448. The number of nitrogens with two attached hydrogens (primary N) is 1. The number of hydrogen-bond donors (Lipinski definition) is 4. The number of carbonyl (C=O) groups is 1. The molecule has 1 saturated heterocycles. The standard InChI is InChI=1S/C17H19N3O8/c1-25-9-4-2-8(3-5-9)10-6-7-11(20-19-10)26-17-14(23)12(21)13(22)15(27-17)16(24)28-18/h2-7,12-15,17,21-23H,18H2,1H3/t12-,13-,14+,15-,17+/m0/s1. The van der Waals surface area contributed by atoms with Crippen LogP contribution in [0.3, 0.4) is 0 Å². The first kappa shape index (κ1) is 19.9. The maximum Gasteiger partial charge on any atom is 0.356 e. The zero-order valence-corrected chi connectivity index (χ0v) is 14.7. The number of carbonyl (C=O) groups excluding carboxylic acids is 1. The summed E-state index contributed by atoms with van der Waals surface area (Å²) in [5, 5.41) is 37.6. The molecule has 1 aliphatic rings. The van der Waals surface area contributed by atoms with Crippen molar-refractivity contribution in [2.45, 2.75) is 30.7 Å². The van der Waals surface area contributed by atoms with Crippen LogP contribution in [0.25, 0.3) is 11.3 Å². The number of methoxy groups -OCH3 is 1. The van der Waals surface area contributed by atoms with Gasteiger partial charge >= 0.3 is 5.97 Å². The summed E-state index contributed by atoms with van der Waals surface area (Å²) in [5.74, 6) is 4.31. The largest absolute Gasteiger partial charge is 0.497 e. The van der Waals surface area contributed by atoms with E-state index in [4.69, 9.17) is 20.1 Å². The summed E-state index contributed by atoms with van der Waals surface area (Å²) in [4.78, 5) is 15.6. The van der Waals surface area contributed by atoms with Gasteiger partial charge in [-0.1, -0.05) is 0 Å². The van der Waals surface area contributed by atoms with E-state index in [0.717, 1.165) is 5.56 Å². The molecule has 2 aromatic rings. The number of aliphatic hydroxyl groups excluding tert-OH is 3. The lowest BCUT2D eigenvalue weighted by molar-refractivity contribution is -0.273. The van der Waals surface area contributed by atoms with Crippen LogP contribution in [0.5, 0.6) is 11.6 Å². The van der Waals surface area contributed by atoms with Crippen LogP contribution in [-0.4, -0.2) is 69.3 Å². The van der Waals surface area contributed by atoms with Gasteiger partial charge < -0.3 is 34.4 Å². The predicted molar refractivity (Wildman–Crippen MR) is 91.6 cm³/mol. The number of benzene rings is 1. The van der Waals surface area contributed by atoms with E-state index in [1.165, 1.54) is 6.07 Å². The van der Waals surface area contributed by atoms with Gasteiger partial charge in [-0.15, -0.1) is 10.2 Å². The summed E-state index contributed by atoms with van der Waals surface area (Å²) in [7, 11) is 1.57. The SMILES string of the molecule is COc1ccc(-c2ccc(O[C@@H]3O[C@H](C(=O)ON)[C@@H](O)[C@H](O)[C@H]3O)nn2)cc1. The van der Waals surface area contributed by atoms with Gasteiger partial charge in [0, 0.05) is 11.6 Å². The first-order valence-electron chi connectivity index (χ1n) is 8.19. The maximum absolute atomic E-state index is 11.6. The average Bonchev–Trinajstić information content (AvgIpc) is 2.74. The molecule has 11 nitrogen and oxygen atoms in total. The molecule has 0 radical (unpaired) electrons. The highest BCUT2D eigenvalue weighted by Gasteiger charge is 2.48. The monoisotopic (exact) mass is 393 g/mol. The third-order valence-electron chi connectivity index (χ3n) is 4.18. The van der Waals surface area contributed by atoms with Crippen molar-refractivity contribution in [2.24, 2.45) is 5.90 Å². The summed E-state index contributed by atoms with van der Waals surface area (Å²) < 4.78 is 15.6. The van der Waals surface area contributed by atoms with Crippen LogP contribution in [0.2, 0.25) is 0 Å². The molecule has 0 aliphatic carbocycles. The summed E-state index contributed by atoms with van der Waals surface area (Å²) in [6.07, 6.45) is -8.27. The predicted octanol–water partition coefficient (Wildman–Crippen LogP) is -1.24. The lowest BCUT2D eigenvalue weighted by atomic mass is 9.99. The van der Waals surface area contributed by atoms with E-state index in [1.54, 1.807) is 37.4 Å². The van der Waals surface area contributed by atoms with Crippen molar-refractivity contribution in [1.82, 2.24) is 10.2 Å². The molecule has 1 aromatic heterocycles. The molecular weight excluding hydrogens is 374 g/mol. The first-order valence-corrected chi connectivity index (χ1v) is 8.19. The smallest absolute Gasteiger partial charge is 0.356 e. The molecule has 0 amide bonds. The van der Waals surface area contributed by atoms with Crippen LogP contribution in [0.4, 0.5) is 0 Å². The topological polar surface area (TPSA) is 166 Å². The van der Waals surface area contributed by atoms with E-state index in [0.29, 0.717) is 11.4 Å². The normalized spacial score (nSPS) is 27.1. The molecule has 2 heterocycles. The number of aliphatic hydroxyl groups is 3. The lowest BCUT2D eigenvalue weighted by Gasteiger charge is -2.38. The zero-order chi connectivity index (χ0) is 20.3. The Kier molecular flexibility index (Phi) is 6.02. The third kappa shape index (κ3) is 4.03. The van der Waals surface area contributed by atoms with E-state index in [9.17, 15) is 20.1 Å².